The van der Waals surface area contributed by atoms with Crippen LogP contribution in [0.4, 0.5) is 0 Å². The first-order valence-corrected chi connectivity index (χ1v) is 7.36. The monoisotopic (exact) mass is 295 g/mol. The minimum absolute atomic E-state index is 0.136. The minimum atomic E-state index is -4.43. The summed E-state index contributed by atoms with van der Waals surface area (Å²) in [7, 11) is -0.851. The Balaban J connectivity index is 4.04. The molecule has 0 aliphatic rings. The fraction of sp³-hybridized carbons (Fsp3) is 0.727. The van der Waals surface area contributed by atoms with E-state index in [1.54, 1.807) is 14.1 Å². The third-order valence-electron chi connectivity index (χ3n) is 2.42. The number of rotatable bonds is 9. The molecular weight excluding hydrogens is 274 g/mol. The molecule has 0 heterocycles. The second-order valence-corrected chi connectivity index (χ2v) is 6.39. The van der Waals surface area contributed by atoms with Crippen LogP contribution in [0.2, 0.25) is 0 Å². The molecule has 112 valence electrons. The van der Waals surface area contributed by atoms with Crippen molar-refractivity contribution in [3.63, 3.8) is 0 Å². The number of quaternary nitrogens is 1. The van der Waals surface area contributed by atoms with Crippen LogP contribution in [0.5, 0.6) is 0 Å². The van der Waals surface area contributed by atoms with Crippen LogP contribution in [0.1, 0.15) is 6.42 Å². The number of ether oxygens (including phenoxy) is 1. The largest absolute Gasteiger partial charge is 0.748 e. The normalized spacial score (nSPS) is 13.9. The molecule has 8 heteroatoms. The van der Waals surface area contributed by atoms with E-state index in [4.69, 9.17) is 4.74 Å². The molecule has 1 atom stereocenters. The van der Waals surface area contributed by atoms with E-state index in [1.807, 2.05) is 0 Å². The molecule has 0 aromatic carbocycles. The Kier molecular flexibility index (Phi) is 7.20. The molecule has 0 aliphatic carbocycles. The number of esters is 1. The second kappa shape index (κ2) is 7.59. The summed E-state index contributed by atoms with van der Waals surface area (Å²) in [5.41, 5.74) is 0. The van der Waals surface area contributed by atoms with Crippen LogP contribution in [-0.4, -0.2) is 74.2 Å². The Morgan fingerprint density at radius 3 is 2.58 bits per heavy atom. The fourth-order valence-electron chi connectivity index (χ4n) is 1.67. The Morgan fingerprint density at radius 1 is 1.53 bits per heavy atom. The van der Waals surface area contributed by atoms with E-state index in [0.717, 1.165) is 6.08 Å². The van der Waals surface area contributed by atoms with Gasteiger partial charge in [-0.1, -0.05) is 6.58 Å². The van der Waals surface area contributed by atoms with Crippen LogP contribution < -0.4 is 0 Å². The van der Waals surface area contributed by atoms with Gasteiger partial charge in [0.15, 0.2) is 0 Å². The summed E-state index contributed by atoms with van der Waals surface area (Å²) in [6.07, 6.45) is 0.431. The molecule has 0 bridgehead atoms. The summed E-state index contributed by atoms with van der Waals surface area (Å²) in [6, 6.07) is 0. The number of likely N-dealkylation sites (N-methyl/N-ethyl adjacent to an activating group) is 1. The third kappa shape index (κ3) is 10.6. The van der Waals surface area contributed by atoms with Gasteiger partial charge in [-0.05, 0) is 0 Å². The molecule has 0 saturated heterocycles. The molecule has 0 aromatic heterocycles. The topological polar surface area (TPSA) is 104 Å². The quantitative estimate of drug-likeness (QED) is 0.194. The fourth-order valence-corrected chi connectivity index (χ4v) is 2.25. The molecule has 0 aromatic rings. The number of carbonyl (C=O) groups excluding carboxylic acids is 1. The first-order chi connectivity index (χ1) is 8.56. The van der Waals surface area contributed by atoms with E-state index in [9.17, 15) is 22.9 Å². The lowest BCUT2D eigenvalue weighted by molar-refractivity contribution is -0.893. The molecule has 0 aliphatic heterocycles. The number of hydrogen-bond acceptors (Lipinski definition) is 6. The van der Waals surface area contributed by atoms with E-state index < -0.39 is 27.9 Å². The first-order valence-electron chi connectivity index (χ1n) is 5.78. The lowest BCUT2D eigenvalue weighted by Crippen LogP contribution is -2.47. The van der Waals surface area contributed by atoms with Gasteiger partial charge < -0.3 is 18.9 Å². The van der Waals surface area contributed by atoms with Crippen molar-refractivity contribution in [2.45, 2.75) is 12.5 Å². The van der Waals surface area contributed by atoms with E-state index in [-0.39, 0.29) is 13.2 Å². The van der Waals surface area contributed by atoms with Crippen LogP contribution in [-0.2, 0) is 19.6 Å². The highest BCUT2D eigenvalue weighted by molar-refractivity contribution is 7.85. The molecule has 0 saturated carbocycles. The van der Waals surface area contributed by atoms with E-state index in [2.05, 4.69) is 6.58 Å². The highest BCUT2D eigenvalue weighted by Gasteiger charge is 2.21. The first kappa shape index (κ1) is 18.0. The Labute approximate surface area is 113 Å². The van der Waals surface area contributed by atoms with Crippen molar-refractivity contribution in [1.29, 1.82) is 0 Å². The summed E-state index contributed by atoms with van der Waals surface area (Å²) < 4.78 is 36.6. The average Bonchev–Trinajstić information content (AvgIpc) is 2.20. The van der Waals surface area contributed by atoms with Crippen LogP contribution in [0.25, 0.3) is 0 Å². The Morgan fingerprint density at radius 2 is 2.11 bits per heavy atom. The maximum atomic E-state index is 10.8. The number of hydrogen-bond donors (Lipinski definition) is 1. The Hall–Kier alpha value is -0.960. The second-order valence-electron chi connectivity index (χ2n) is 4.95. The SMILES string of the molecule is C=CC(=O)OCCC[N+](C)(C)CC(O)CS(=O)(=O)[O-]. The molecular formula is C11H21NO6S. The molecule has 0 fully saturated rings. The number of nitrogens with zero attached hydrogens (tertiary/aromatic N) is 1. The van der Waals surface area contributed by atoms with Crippen molar-refractivity contribution in [3.8, 4) is 0 Å². The van der Waals surface area contributed by atoms with E-state index in [1.165, 1.54) is 0 Å². The third-order valence-corrected chi connectivity index (χ3v) is 3.21. The van der Waals surface area contributed by atoms with Gasteiger partial charge in [0.2, 0.25) is 0 Å². The molecule has 19 heavy (non-hydrogen) atoms. The van der Waals surface area contributed by atoms with Crippen molar-refractivity contribution in [2.24, 2.45) is 0 Å². The van der Waals surface area contributed by atoms with Crippen LogP contribution in [0, 0.1) is 0 Å². The van der Waals surface area contributed by atoms with Gasteiger partial charge in [-0.3, -0.25) is 0 Å². The van der Waals surface area contributed by atoms with Crippen molar-refractivity contribution in [3.05, 3.63) is 12.7 Å². The summed E-state index contributed by atoms with van der Waals surface area (Å²) in [5, 5.41) is 9.51. The van der Waals surface area contributed by atoms with E-state index in [0.29, 0.717) is 17.4 Å². The average molecular weight is 295 g/mol. The Bertz CT molecular complexity index is 403. The highest BCUT2D eigenvalue weighted by Crippen LogP contribution is 2.04. The lowest BCUT2D eigenvalue weighted by atomic mass is 10.3. The number of aliphatic hydroxyl groups is 1. The van der Waals surface area contributed by atoms with Gasteiger partial charge in [0, 0.05) is 12.5 Å². The van der Waals surface area contributed by atoms with Crippen LogP contribution in [0.3, 0.4) is 0 Å². The standard InChI is InChI=1S/C11H21NO6S/c1-4-11(14)18-7-5-6-12(2,3)8-10(13)9-19(15,16)17/h4,10,13H,1,5-9H2,2-3H3. The minimum Gasteiger partial charge on any atom is -0.748 e. The summed E-state index contributed by atoms with van der Waals surface area (Å²) in [4.78, 5) is 10.8. The zero-order chi connectivity index (χ0) is 15.1. The molecule has 0 radical (unpaired) electrons. The lowest BCUT2D eigenvalue weighted by Gasteiger charge is -2.32. The summed E-state index contributed by atoms with van der Waals surface area (Å²) in [6.45, 7) is 4.19. The van der Waals surface area contributed by atoms with Crippen molar-refractivity contribution < 1.29 is 32.1 Å². The van der Waals surface area contributed by atoms with Gasteiger partial charge in [-0.25, -0.2) is 13.2 Å². The van der Waals surface area contributed by atoms with Crippen molar-refractivity contribution >= 4 is 16.1 Å². The van der Waals surface area contributed by atoms with Gasteiger partial charge in [0.05, 0.1) is 43.1 Å². The molecule has 0 rings (SSSR count). The van der Waals surface area contributed by atoms with Gasteiger partial charge in [0.25, 0.3) is 0 Å². The summed E-state index contributed by atoms with van der Waals surface area (Å²) >= 11 is 0. The van der Waals surface area contributed by atoms with Crippen molar-refractivity contribution in [2.75, 3.05) is 39.5 Å². The van der Waals surface area contributed by atoms with E-state index >= 15 is 0 Å². The van der Waals surface area contributed by atoms with Gasteiger partial charge in [0.1, 0.15) is 12.6 Å². The smallest absolute Gasteiger partial charge is 0.330 e. The molecule has 0 amide bonds. The van der Waals surface area contributed by atoms with Crippen molar-refractivity contribution in [1.82, 2.24) is 0 Å². The number of aliphatic hydroxyl groups excluding tert-OH is 1. The molecule has 7 nitrogen and oxygen atoms in total. The van der Waals surface area contributed by atoms with Gasteiger partial charge in [-0.2, -0.15) is 0 Å². The maximum absolute atomic E-state index is 10.8. The highest BCUT2D eigenvalue weighted by atomic mass is 32.2. The zero-order valence-electron chi connectivity index (χ0n) is 11.2. The molecule has 1 N–H and O–H groups in total. The van der Waals surface area contributed by atoms with Crippen LogP contribution in [0.15, 0.2) is 12.7 Å². The van der Waals surface area contributed by atoms with Gasteiger partial charge in [-0.15, -0.1) is 0 Å². The maximum Gasteiger partial charge on any atom is 0.330 e. The zero-order valence-corrected chi connectivity index (χ0v) is 12.1. The predicted molar refractivity (Wildman–Crippen MR) is 68.2 cm³/mol. The molecule has 1 unspecified atom stereocenters. The number of carbonyl (C=O) groups is 1. The molecule has 0 spiro atoms. The summed E-state index contributed by atoms with van der Waals surface area (Å²) in [5.74, 6) is -1.29. The van der Waals surface area contributed by atoms with Gasteiger partial charge >= 0.3 is 5.97 Å². The predicted octanol–water partition coefficient (Wildman–Crippen LogP) is -0.912. The van der Waals surface area contributed by atoms with Crippen LogP contribution >= 0.6 is 0 Å².